The predicted octanol–water partition coefficient (Wildman–Crippen LogP) is 2.69. The number of carbonyl (C=O) groups excluding carboxylic acids is 2. The van der Waals surface area contributed by atoms with Crippen molar-refractivity contribution < 1.29 is 22.8 Å². The van der Waals surface area contributed by atoms with Crippen molar-refractivity contribution in [3.8, 4) is 0 Å². The van der Waals surface area contributed by atoms with Gasteiger partial charge in [-0.2, -0.15) is 13.2 Å². The van der Waals surface area contributed by atoms with Crippen molar-refractivity contribution in [2.75, 3.05) is 0 Å². The highest BCUT2D eigenvalue weighted by Crippen LogP contribution is 2.29. The number of nitrogens with zero attached hydrogens (tertiary/aromatic N) is 1. The molecule has 0 aliphatic heterocycles. The van der Waals surface area contributed by atoms with E-state index < -0.39 is 29.6 Å². The molecule has 0 aliphatic rings. The third kappa shape index (κ3) is 5.02. The maximum absolute atomic E-state index is 12.5. The fourth-order valence-corrected chi connectivity index (χ4v) is 2.48. The van der Waals surface area contributed by atoms with Gasteiger partial charge in [-0.3, -0.25) is 9.59 Å². The molecule has 25 heavy (non-hydrogen) atoms. The Bertz CT molecular complexity index is 779. The predicted molar refractivity (Wildman–Crippen MR) is 87.5 cm³/mol. The molecule has 2 aromatic rings. The van der Waals surface area contributed by atoms with Crippen LogP contribution in [0, 0.1) is 0 Å². The number of aromatic nitrogens is 1. The van der Waals surface area contributed by atoms with E-state index in [9.17, 15) is 22.8 Å². The van der Waals surface area contributed by atoms with Crippen LogP contribution in [0.2, 0.25) is 0 Å². The second kappa shape index (κ2) is 7.64. The van der Waals surface area contributed by atoms with Crippen LogP contribution in [0.4, 0.5) is 13.2 Å². The Morgan fingerprint density at radius 3 is 2.36 bits per heavy atom. The van der Waals surface area contributed by atoms with Gasteiger partial charge in [0.2, 0.25) is 5.91 Å². The Labute approximate surface area is 149 Å². The number of nitrogens with two attached hydrogens (primary N) is 1. The van der Waals surface area contributed by atoms with Crippen molar-refractivity contribution in [2.24, 2.45) is 5.73 Å². The second-order valence-corrected chi connectivity index (χ2v) is 5.91. The normalized spacial score (nSPS) is 12.5. The molecule has 2 amide bonds. The Morgan fingerprint density at radius 2 is 1.84 bits per heavy atom. The molecule has 1 atom stereocenters. The van der Waals surface area contributed by atoms with E-state index in [-0.39, 0.29) is 12.0 Å². The fraction of sp³-hybridized carbons (Fsp3) is 0.188. The zero-order valence-electron chi connectivity index (χ0n) is 12.7. The zero-order valence-corrected chi connectivity index (χ0v) is 14.3. The SMILES string of the molecule is NC(=O)[C@H](Cc1cccnc1Br)NC(=O)c1ccc(C(F)(F)F)cc1. The van der Waals surface area contributed by atoms with Crippen LogP contribution in [-0.2, 0) is 17.4 Å². The van der Waals surface area contributed by atoms with Crippen LogP contribution in [0.15, 0.2) is 47.2 Å². The van der Waals surface area contributed by atoms with Crippen LogP contribution in [-0.4, -0.2) is 22.8 Å². The van der Waals surface area contributed by atoms with Crippen LogP contribution in [0.3, 0.4) is 0 Å². The minimum Gasteiger partial charge on any atom is -0.368 e. The van der Waals surface area contributed by atoms with Crippen molar-refractivity contribution in [3.05, 3.63) is 63.9 Å². The molecule has 0 radical (unpaired) electrons. The minimum absolute atomic E-state index is 0.00972. The number of carbonyl (C=O) groups is 2. The summed E-state index contributed by atoms with van der Waals surface area (Å²) >= 11 is 3.23. The monoisotopic (exact) mass is 415 g/mol. The third-order valence-corrected chi connectivity index (χ3v) is 4.10. The highest BCUT2D eigenvalue weighted by Gasteiger charge is 2.30. The molecular weight excluding hydrogens is 403 g/mol. The van der Waals surface area contributed by atoms with E-state index in [0.717, 1.165) is 24.3 Å². The van der Waals surface area contributed by atoms with E-state index in [1.165, 1.54) is 0 Å². The fourth-order valence-electron chi connectivity index (χ4n) is 2.07. The Kier molecular flexibility index (Phi) is 5.78. The average molecular weight is 416 g/mol. The quantitative estimate of drug-likeness (QED) is 0.736. The van der Waals surface area contributed by atoms with Gasteiger partial charge >= 0.3 is 6.18 Å². The Balaban J connectivity index is 2.13. The summed E-state index contributed by atoms with van der Waals surface area (Å²) in [6, 6.07) is 6.01. The molecule has 9 heteroatoms. The first-order valence-corrected chi connectivity index (χ1v) is 7.84. The van der Waals surface area contributed by atoms with E-state index in [1.807, 2.05) is 0 Å². The summed E-state index contributed by atoms with van der Waals surface area (Å²) in [6.45, 7) is 0. The molecular formula is C16H13BrF3N3O2. The smallest absolute Gasteiger partial charge is 0.368 e. The molecule has 5 nitrogen and oxygen atoms in total. The first-order chi connectivity index (χ1) is 11.7. The van der Waals surface area contributed by atoms with Gasteiger partial charge in [0.05, 0.1) is 5.56 Å². The second-order valence-electron chi connectivity index (χ2n) is 5.16. The van der Waals surface area contributed by atoms with Gasteiger partial charge < -0.3 is 11.1 Å². The van der Waals surface area contributed by atoms with Gasteiger partial charge in [0.25, 0.3) is 5.91 Å². The van der Waals surface area contributed by atoms with Crippen molar-refractivity contribution in [1.29, 1.82) is 0 Å². The molecule has 3 N–H and O–H groups in total. The number of hydrogen-bond donors (Lipinski definition) is 2. The van der Waals surface area contributed by atoms with Gasteiger partial charge in [0.15, 0.2) is 0 Å². The molecule has 0 bridgehead atoms. The Hall–Kier alpha value is -2.42. The highest BCUT2D eigenvalue weighted by atomic mass is 79.9. The molecule has 132 valence electrons. The van der Waals surface area contributed by atoms with Gasteiger partial charge in [-0.05, 0) is 51.8 Å². The third-order valence-electron chi connectivity index (χ3n) is 3.38. The summed E-state index contributed by atoms with van der Waals surface area (Å²) in [7, 11) is 0. The summed E-state index contributed by atoms with van der Waals surface area (Å²) in [5, 5.41) is 2.42. The van der Waals surface area contributed by atoms with Crippen LogP contribution in [0.25, 0.3) is 0 Å². The molecule has 0 saturated carbocycles. The van der Waals surface area contributed by atoms with Gasteiger partial charge in [0.1, 0.15) is 10.6 Å². The van der Waals surface area contributed by atoms with Crippen LogP contribution in [0.5, 0.6) is 0 Å². The molecule has 1 aromatic carbocycles. The molecule has 0 saturated heterocycles. The van der Waals surface area contributed by atoms with Crippen LogP contribution < -0.4 is 11.1 Å². The van der Waals surface area contributed by atoms with Crippen molar-refractivity contribution in [1.82, 2.24) is 10.3 Å². The Morgan fingerprint density at radius 1 is 1.20 bits per heavy atom. The summed E-state index contributed by atoms with van der Waals surface area (Å²) < 4.78 is 38.1. The number of amides is 2. The van der Waals surface area contributed by atoms with E-state index in [0.29, 0.717) is 10.2 Å². The van der Waals surface area contributed by atoms with Crippen LogP contribution in [0.1, 0.15) is 21.5 Å². The average Bonchev–Trinajstić information content (AvgIpc) is 2.55. The number of nitrogens with one attached hydrogen (secondary N) is 1. The topological polar surface area (TPSA) is 85.1 Å². The summed E-state index contributed by atoms with van der Waals surface area (Å²) in [4.78, 5) is 27.8. The standard InChI is InChI=1S/C16H13BrF3N3O2/c17-13-10(2-1-7-22-13)8-12(14(21)24)23-15(25)9-3-5-11(6-4-9)16(18,19)20/h1-7,12H,8H2,(H2,21,24)(H,23,25)/t12-/m0/s1. The molecule has 2 rings (SSSR count). The van der Waals surface area contributed by atoms with Crippen molar-refractivity contribution in [3.63, 3.8) is 0 Å². The molecule has 1 heterocycles. The number of rotatable bonds is 5. The maximum atomic E-state index is 12.5. The van der Waals surface area contributed by atoms with E-state index in [1.54, 1.807) is 18.3 Å². The number of halogens is 4. The lowest BCUT2D eigenvalue weighted by atomic mass is 10.1. The summed E-state index contributed by atoms with van der Waals surface area (Å²) in [6.07, 6.45) is -2.85. The molecule has 0 unspecified atom stereocenters. The van der Waals surface area contributed by atoms with Gasteiger partial charge in [-0.15, -0.1) is 0 Å². The molecule has 1 aromatic heterocycles. The lowest BCUT2D eigenvalue weighted by Crippen LogP contribution is -2.45. The lowest BCUT2D eigenvalue weighted by molar-refractivity contribution is -0.137. The van der Waals surface area contributed by atoms with Crippen molar-refractivity contribution >= 4 is 27.7 Å². The van der Waals surface area contributed by atoms with Gasteiger partial charge in [0, 0.05) is 18.2 Å². The van der Waals surface area contributed by atoms with Gasteiger partial charge in [-0.1, -0.05) is 6.07 Å². The summed E-state index contributed by atoms with van der Waals surface area (Å²) in [5.74, 6) is -1.46. The first kappa shape index (κ1) is 18.9. The minimum atomic E-state index is -4.49. The van der Waals surface area contributed by atoms with Crippen LogP contribution >= 0.6 is 15.9 Å². The number of alkyl halides is 3. The largest absolute Gasteiger partial charge is 0.416 e. The highest BCUT2D eigenvalue weighted by molar-refractivity contribution is 9.10. The van der Waals surface area contributed by atoms with Crippen molar-refractivity contribution in [2.45, 2.75) is 18.6 Å². The maximum Gasteiger partial charge on any atom is 0.416 e. The van der Waals surface area contributed by atoms with E-state index in [2.05, 4.69) is 26.2 Å². The molecule has 0 spiro atoms. The number of primary amides is 1. The number of hydrogen-bond acceptors (Lipinski definition) is 3. The van der Waals surface area contributed by atoms with E-state index in [4.69, 9.17) is 5.73 Å². The number of benzene rings is 1. The lowest BCUT2D eigenvalue weighted by Gasteiger charge is -2.16. The molecule has 0 aliphatic carbocycles. The molecule has 0 fully saturated rings. The zero-order chi connectivity index (χ0) is 18.6. The summed E-state index contributed by atoms with van der Waals surface area (Å²) in [5.41, 5.74) is 5.08. The van der Waals surface area contributed by atoms with E-state index >= 15 is 0 Å². The van der Waals surface area contributed by atoms with Gasteiger partial charge in [-0.25, -0.2) is 4.98 Å². The number of pyridine rings is 1. The first-order valence-electron chi connectivity index (χ1n) is 7.05.